The van der Waals surface area contributed by atoms with Crippen LogP contribution >= 0.6 is 0 Å². The Hall–Kier alpha value is -2.50. The lowest BCUT2D eigenvalue weighted by molar-refractivity contribution is -0.141. The van der Waals surface area contributed by atoms with Crippen LogP contribution in [-0.4, -0.2) is 48.2 Å². The highest BCUT2D eigenvalue weighted by atomic mass is 16.5. The topological polar surface area (TPSA) is 76.1 Å². The van der Waals surface area contributed by atoms with Crippen molar-refractivity contribution in [1.29, 1.82) is 0 Å². The van der Waals surface area contributed by atoms with Gasteiger partial charge in [0.1, 0.15) is 12.6 Å². The lowest BCUT2D eigenvalue weighted by Crippen LogP contribution is -2.40. The fourth-order valence-corrected chi connectivity index (χ4v) is 2.50. The molecule has 1 fully saturated rings. The molecular weight excluding hydrogens is 286 g/mol. The maximum atomic E-state index is 12.5. The van der Waals surface area contributed by atoms with E-state index < -0.39 is 12.0 Å². The van der Waals surface area contributed by atoms with E-state index in [0.29, 0.717) is 43.1 Å². The molecule has 1 aromatic carbocycles. The summed E-state index contributed by atoms with van der Waals surface area (Å²) in [6.45, 7) is 4.35. The van der Waals surface area contributed by atoms with Crippen LogP contribution in [0.15, 0.2) is 30.9 Å². The van der Waals surface area contributed by atoms with E-state index in [1.54, 1.807) is 24.3 Å². The molecule has 1 aliphatic heterocycles. The first kappa shape index (κ1) is 15.9. The highest BCUT2D eigenvalue weighted by Crippen LogP contribution is 2.29. The maximum absolute atomic E-state index is 12.5. The summed E-state index contributed by atoms with van der Waals surface area (Å²) >= 11 is 0. The van der Waals surface area contributed by atoms with Crippen LogP contribution in [0.4, 0.5) is 0 Å². The number of hydrogen-bond donors (Lipinski definition) is 1. The molecule has 0 aliphatic carbocycles. The van der Waals surface area contributed by atoms with Crippen molar-refractivity contribution in [3.05, 3.63) is 36.4 Å². The summed E-state index contributed by atoms with van der Waals surface area (Å²) in [7, 11) is 1.49. The third kappa shape index (κ3) is 3.21. The standard InChI is InChI=1S/C16H19NO5/c1-3-9-22-13-7-6-11(10-14(13)21-2)15(18)17-8-4-5-12(17)16(19)20/h3,6-7,10,12H,1,4-5,8-9H2,2H3,(H,19,20)/t12-/m0/s1. The molecule has 22 heavy (non-hydrogen) atoms. The zero-order valence-corrected chi connectivity index (χ0v) is 12.4. The van der Waals surface area contributed by atoms with Gasteiger partial charge in [0.2, 0.25) is 0 Å². The van der Waals surface area contributed by atoms with Gasteiger partial charge in [-0.05, 0) is 31.0 Å². The molecule has 1 atom stereocenters. The highest BCUT2D eigenvalue weighted by molar-refractivity contribution is 5.97. The number of likely N-dealkylation sites (tertiary alicyclic amines) is 1. The summed E-state index contributed by atoms with van der Waals surface area (Å²) in [5.74, 6) is -0.337. The van der Waals surface area contributed by atoms with Crippen LogP contribution in [0.2, 0.25) is 0 Å². The normalized spacial score (nSPS) is 17.1. The molecule has 1 amide bonds. The molecule has 118 valence electrons. The Balaban J connectivity index is 2.22. The lowest BCUT2D eigenvalue weighted by Gasteiger charge is -2.22. The molecule has 6 nitrogen and oxygen atoms in total. The Labute approximate surface area is 128 Å². The average molecular weight is 305 g/mol. The summed E-state index contributed by atoms with van der Waals surface area (Å²) < 4.78 is 10.7. The van der Waals surface area contributed by atoms with E-state index in [0.717, 1.165) is 0 Å². The van der Waals surface area contributed by atoms with E-state index in [1.165, 1.54) is 12.0 Å². The summed E-state index contributed by atoms with van der Waals surface area (Å²) in [5, 5.41) is 9.17. The van der Waals surface area contributed by atoms with Gasteiger partial charge in [-0.1, -0.05) is 12.7 Å². The first-order valence-electron chi connectivity index (χ1n) is 7.04. The van der Waals surface area contributed by atoms with E-state index in [9.17, 15) is 14.7 Å². The molecule has 1 heterocycles. The minimum absolute atomic E-state index is 0.307. The molecule has 0 radical (unpaired) electrons. The van der Waals surface area contributed by atoms with Crippen LogP contribution < -0.4 is 9.47 Å². The monoisotopic (exact) mass is 305 g/mol. The average Bonchev–Trinajstić information content (AvgIpc) is 3.01. The van der Waals surface area contributed by atoms with E-state index in [2.05, 4.69) is 6.58 Å². The molecule has 1 saturated heterocycles. The van der Waals surface area contributed by atoms with Crippen molar-refractivity contribution in [3.8, 4) is 11.5 Å². The van der Waals surface area contributed by atoms with Gasteiger partial charge in [-0.25, -0.2) is 4.79 Å². The second kappa shape index (κ2) is 6.98. The van der Waals surface area contributed by atoms with Crippen molar-refractivity contribution in [2.24, 2.45) is 0 Å². The second-order valence-corrected chi connectivity index (χ2v) is 4.96. The first-order valence-corrected chi connectivity index (χ1v) is 7.04. The van der Waals surface area contributed by atoms with Gasteiger partial charge in [0.25, 0.3) is 5.91 Å². The number of carboxylic acid groups (broad SMARTS) is 1. The maximum Gasteiger partial charge on any atom is 0.326 e. The lowest BCUT2D eigenvalue weighted by atomic mass is 10.1. The number of rotatable bonds is 6. The number of benzene rings is 1. The quantitative estimate of drug-likeness (QED) is 0.813. The number of methoxy groups -OCH3 is 1. The third-order valence-corrected chi connectivity index (χ3v) is 3.57. The first-order chi connectivity index (χ1) is 10.6. The third-order valence-electron chi connectivity index (χ3n) is 3.57. The predicted octanol–water partition coefficient (Wildman–Crippen LogP) is 1.95. The van der Waals surface area contributed by atoms with Crippen molar-refractivity contribution >= 4 is 11.9 Å². The van der Waals surface area contributed by atoms with E-state index in [-0.39, 0.29) is 5.91 Å². The van der Waals surface area contributed by atoms with Crippen molar-refractivity contribution in [2.45, 2.75) is 18.9 Å². The largest absolute Gasteiger partial charge is 0.493 e. The van der Waals surface area contributed by atoms with Gasteiger partial charge in [-0.2, -0.15) is 0 Å². The second-order valence-electron chi connectivity index (χ2n) is 4.96. The molecule has 1 aliphatic rings. The molecule has 1 aromatic rings. The number of ether oxygens (including phenoxy) is 2. The Morgan fingerprint density at radius 2 is 2.23 bits per heavy atom. The molecule has 0 bridgehead atoms. The minimum atomic E-state index is -0.969. The van der Waals surface area contributed by atoms with E-state index in [4.69, 9.17) is 9.47 Å². The van der Waals surface area contributed by atoms with Gasteiger partial charge in [-0.15, -0.1) is 0 Å². The van der Waals surface area contributed by atoms with Crippen LogP contribution in [-0.2, 0) is 4.79 Å². The number of carbonyl (C=O) groups is 2. The van der Waals surface area contributed by atoms with E-state index in [1.807, 2.05) is 0 Å². The summed E-state index contributed by atoms with van der Waals surface area (Å²) in [6, 6.07) is 4.06. The summed E-state index contributed by atoms with van der Waals surface area (Å²) in [5.41, 5.74) is 0.385. The summed E-state index contributed by atoms with van der Waals surface area (Å²) in [4.78, 5) is 25.1. The van der Waals surface area contributed by atoms with Crippen molar-refractivity contribution < 1.29 is 24.2 Å². The van der Waals surface area contributed by atoms with E-state index >= 15 is 0 Å². The predicted molar refractivity (Wildman–Crippen MR) is 80.4 cm³/mol. The van der Waals surface area contributed by atoms with Gasteiger partial charge < -0.3 is 19.5 Å². The Morgan fingerprint density at radius 1 is 1.45 bits per heavy atom. The Bertz CT molecular complexity index is 584. The molecule has 0 spiro atoms. The van der Waals surface area contributed by atoms with Gasteiger partial charge in [0, 0.05) is 12.1 Å². The van der Waals surface area contributed by atoms with Crippen LogP contribution in [0.25, 0.3) is 0 Å². The SMILES string of the molecule is C=CCOc1ccc(C(=O)N2CCC[C@H]2C(=O)O)cc1OC. The molecular formula is C16H19NO5. The Morgan fingerprint density at radius 3 is 2.86 bits per heavy atom. The molecule has 0 aromatic heterocycles. The summed E-state index contributed by atoms with van der Waals surface area (Å²) in [6.07, 6.45) is 2.79. The highest BCUT2D eigenvalue weighted by Gasteiger charge is 2.34. The number of amides is 1. The molecule has 0 saturated carbocycles. The van der Waals surface area contributed by atoms with Gasteiger partial charge >= 0.3 is 5.97 Å². The zero-order chi connectivity index (χ0) is 16.1. The Kier molecular flexibility index (Phi) is 5.04. The number of nitrogens with zero attached hydrogens (tertiary/aromatic N) is 1. The zero-order valence-electron chi connectivity index (χ0n) is 12.4. The van der Waals surface area contributed by atoms with Crippen LogP contribution in [0.1, 0.15) is 23.2 Å². The fraction of sp³-hybridized carbons (Fsp3) is 0.375. The van der Waals surface area contributed by atoms with Gasteiger partial charge in [0.05, 0.1) is 7.11 Å². The molecule has 1 N–H and O–H groups in total. The number of carbonyl (C=O) groups excluding carboxylic acids is 1. The van der Waals surface area contributed by atoms with Gasteiger partial charge in [-0.3, -0.25) is 4.79 Å². The fourth-order valence-electron chi connectivity index (χ4n) is 2.50. The minimum Gasteiger partial charge on any atom is -0.493 e. The van der Waals surface area contributed by atoms with Crippen LogP contribution in [0.3, 0.4) is 0 Å². The van der Waals surface area contributed by atoms with Crippen molar-refractivity contribution in [3.63, 3.8) is 0 Å². The molecule has 2 rings (SSSR count). The molecule has 6 heteroatoms. The number of hydrogen-bond acceptors (Lipinski definition) is 4. The number of aliphatic carboxylic acids is 1. The molecule has 0 unspecified atom stereocenters. The van der Waals surface area contributed by atoms with Crippen molar-refractivity contribution in [1.82, 2.24) is 4.90 Å². The smallest absolute Gasteiger partial charge is 0.326 e. The number of carboxylic acids is 1. The van der Waals surface area contributed by atoms with Crippen LogP contribution in [0.5, 0.6) is 11.5 Å². The van der Waals surface area contributed by atoms with Crippen molar-refractivity contribution in [2.75, 3.05) is 20.3 Å². The van der Waals surface area contributed by atoms with Gasteiger partial charge in [0.15, 0.2) is 11.5 Å². The van der Waals surface area contributed by atoms with Crippen LogP contribution in [0, 0.1) is 0 Å².